The zero-order chi connectivity index (χ0) is 48.0. The van der Waals surface area contributed by atoms with Crippen LogP contribution < -0.4 is 0 Å². The average Bonchev–Trinajstić information content (AvgIpc) is 3.88. The summed E-state index contributed by atoms with van der Waals surface area (Å²) in [5.41, 5.74) is 28.7. The molecule has 3 aliphatic rings. The molecule has 338 valence electrons. The van der Waals surface area contributed by atoms with E-state index < -0.39 is 0 Å². The third-order valence-corrected chi connectivity index (χ3v) is 17.1. The van der Waals surface area contributed by atoms with Crippen LogP contribution in [0.4, 0.5) is 0 Å². The molecular weight excluding hydrogens is 853 g/mol. The van der Waals surface area contributed by atoms with Crippen LogP contribution in [0.1, 0.15) is 74.9 Å². The molecule has 0 saturated carbocycles. The molecule has 0 aliphatic heterocycles. The summed E-state index contributed by atoms with van der Waals surface area (Å²) in [6.45, 7) is 14.4. The molecule has 0 amide bonds. The van der Waals surface area contributed by atoms with E-state index in [2.05, 4.69) is 260 Å². The lowest BCUT2D eigenvalue weighted by atomic mass is 9.79. The van der Waals surface area contributed by atoms with Crippen molar-refractivity contribution in [2.75, 3.05) is 0 Å². The fourth-order valence-electron chi connectivity index (χ4n) is 12.9. The Morgan fingerprint density at radius 3 is 0.732 bits per heavy atom. The third kappa shape index (κ3) is 6.30. The van der Waals surface area contributed by atoms with Gasteiger partial charge in [-0.05, 0) is 199 Å². The van der Waals surface area contributed by atoms with Gasteiger partial charge in [-0.15, -0.1) is 0 Å². The largest absolute Gasteiger partial charge is 0.0622 e. The van der Waals surface area contributed by atoms with Crippen molar-refractivity contribution in [1.29, 1.82) is 0 Å². The van der Waals surface area contributed by atoms with E-state index in [9.17, 15) is 0 Å². The number of rotatable bonds is 5. The van der Waals surface area contributed by atoms with E-state index in [-0.39, 0.29) is 16.2 Å². The van der Waals surface area contributed by atoms with Gasteiger partial charge in [-0.25, -0.2) is 0 Å². The van der Waals surface area contributed by atoms with Crippen LogP contribution in [-0.2, 0) is 16.2 Å². The topological polar surface area (TPSA) is 0 Å². The standard InChI is InChI=1S/C71H54/c1-69(2)63-37-51(43-12-8-7-9-13-43)22-28-57(63)59-30-24-53(39-65(59)69)55-26-32-61-62-33-27-56(42-68(62)71(5,6)67(61)41-55)54-25-31-60-58-29-23-52(38-64(58)70(3,4)66(60)40-54)50-21-20-48-35-47(18-19-49(48)36-50)46-17-16-44-14-10-11-15-45(44)34-46/h7-42H,1-6H3. The van der Waals surface area contributed by atoms with Gasteiger partial charge in [0.1, 0.15) is 0 Å². The lowest BCUT2D eigenvalue weighted by Crippen LogP contribution is -2.16. The zero-order valence-corrected chi connectivity index (χ0v) is 41.3. The zero-order valence-electron chi connectivity index (χ0n) is 41.3. The lowest BCUT2D eigenvalue weighted by molar-refractivity contribution is 0.659. The van der Waals surface area contributed by atoms with E-state index in [1.807, 2.05) is 0 Å². The molecule has 14 rings (SSSR count). The van der Waals surface area contributed by atoms with Crippen molar-refractivity contribution in [3.8, 4) is 89.0 Å². The van der Waals surface area contributed by atoms with Crippen LogP contribution in [0.15, 0.2) is 218 Å². The number of fused-ring (bicyclic) bond motifs is 11. The first-order valence-corrected chi connectivity index (χ1v) is 25.4. The van der Waals surface area contributed by atoms with Gasteiger partial charge in [-0.1, -0.05) is 205 Å². The smallest absolute Gasteiger partial charge is 0.0159 e. The van der Waals surface area contributed by atoms with Crippen molar-refractivity contribution in [1.82, 2.24) is 0 Å². The second kappa shape index (κ2) is 15.0. The molecule has 71 heavy (non-hydrogen) atoms. The third-order valence-electron chi connectivity index (χ3n) is 17.1. The quantitative estimate of drug-likeness (QED) is 0.161. The first-order valence-electron chi connectivity index (χ1n) is 25.4. The number of hydrogen-bond donors (Lipinski definition) is 0. The molecule has 0 spiro atoms. The molecule has 0 aromatic heterocycles. The molecule has 3 aliphatic carbocycles. The Bertz CT molecular complexity index is 4060. The maximum Gasteiger partial charge on any atom is 0.0159 e. The molecule has 0 nitrogen and oxygen atoms in total. The fourth-order valence-corrected chi connectivity index (χ4v) is 12.9. The van der Waals surface area contributed by atoms with Gasteiger partial charge in [0, 0.05) is 16.2 Å². The van der Waals surface area contributed by atoms with Crippen LogP contribution in [-0.4, -0.2) is 0 Å². The Balaban J connectivity index is 0.738. The van der Waals surface area contributed by atoms with Crippen molar-refractivity contribution in [3.63, 3.8) is 0 Å². The Morgan fingerprint density at radius 1 is 0.183 bits per heavy atom. The Labute approximate surface area is 418 Å². The van der Waals surface area contributed by atoms with Crippen molar-refractivity contribution in [2.45, 2.75) is 57.8 Å². The second-order valence-electron chi connectivity index (χ2n) is 22.1. The summed E-state index contributed by atoms with van der Waals surface area (Å²) in [6, 6.07) is 82.9. The second-order valence-corrected chi connectivity index (χ2v) is 22.1. The average molecular weight is 907 g/mol. The van der Waals surface area contributed by atoms with Gasteiger partial charge in [0.2, 0.25) is 0 Å². The fraction of sp³-hybridized carbons (Fsp3) is 0.127. The van der Waals surface area contributed by atoms with Gasteiger partial charge < -0.3 is 0 Å². The number of benzene rings is 11. The highest BCUT2D eigenvalue weighted by molar-refractivity contribution is 5.95. The maximum atomic E-state index is 2.48. The summed E-state index contributed by atoms with van der Waals surface area (Å²) in [5.74, 6) is 0. The molecule has 0 fully saturated rings. The van der Waals surface area contributed by atoms with E-state index in [0.717, 1.165) is 0 Å². The molecule has 0 heteroatoms. The van der Waals surface area contributed by atoms with E-state index >= 15 is 0 Å². The Hall–Kier alpha value is -8.06. The summed E-state index contributed by atoms with van der Waals surface area (Å²) in [6.07, 6.45) is 0. The van der Waals surface area contributed by atoms with Crippen LogP contribution in [0.25, 0.3) is 111 Å². The Morgan fingerprint density at radius 2 is 0.408 bits per heavy atom. The molecule has 0 heterocycles. The van der Waals surface area contributed by atoms with Crippen LogP contribution in [0.3, 0.4) is 0 Å². The summed E-state index contributed by atoms with van der Waals surface area (Å²) >= 11 is 0. The molecular formula is C71H54. The first-order chi connectivity index (χ1) is 34.4. The molecule has 0 atom stereocenters. The van der Waals surface area contributed by atoms with Crippen molar-refractivity contribution < 1.29 is 0 Å². The molecule has 11 aromatic carbocycles. The van der Waals surface area contributed by atoms with Crippen LogP contribution in [0.2, 0.25) is 0 Å². The highest BCUT2D eigenvalue weighted by Crippen LogP contribution is 2.55. The molecule has 0 saturated heterocycles. The summed E-state index contributed by atoms with van der Waals surface area (Å²) < 4.78 is 0. The van der Waals surface area contributed by atoms with Crippen LogP contribution in [0, 0.1) is 0 Å². The minimum atomic E-state index is -0.151. The van der Waals surface area contributed by atoms with Gasteiger partial charge in [0.05, 0.1) is 0 Å². The van der Waals surface area contributed by atoms with Crippen molar-refractivity contribution in [2.24, 2.45) is 0 Å². The molecule has 0 unspecified atom stereocenters. The molecule has 11 aromatic rings. The Kier molecular flexibility index (Phi) is 8.83. The SMILES string of the molecule is CC1(C)c2cc(-c3ccccc3)ccc2-c2ccc(-c3ccc4c(c3)C(C)(C)c3cc(-c5ccc6c(c5)C(C)(C)c5cc(-c7ccc8cc(-c9ccc%10ccccc%10c9)ccc8c7)ccc5-6)ccc3-4)cc21. The highest BCUT2D eigenvalue weighted by atomic mass is 14.4. The predicted octanol–water partition coefficient (Wildman–Crippen LogP) is 19.2. The number of hydrogen-bond acceptors (Lipinski definition) is 0. The van der Waals surface area contributed by atoms with Gasteiger partial charge in [-0.3, -0.25) is 0 Å². The minimum absolute atomic E-state index is 0.101. The molecule has 0 N–H and O–H groups in total. The predicted molar refractivity (Wildman–Crippen MR) is 301 cm³/mol. The van der Waals surface area contributed by atoms with Gasteiger partial charge in [0.15, 0.2) is 0 Å². The normalized spacial score (nSPS) is 15.0. The van der Waals surface area contributed by atoms with Crippen LogP contribution in [0.5, 0.6) is 0 Å². The van der Waals surface area contributed by atoms with Gasteiger partial charge in [0.25, 0.3) is 0 Å². The maximum absolute atomic E-state index is 2.48. The van der Waals surface area contributed by atoms with Gasteiger partial charge >= 0.3 is 0 Å². The lowest BCUT2D eigenvalue weighted by Gasteiger charge is -2.24. The summed E-state index contributed by atoms with van der Waals surface area (Å²) in [7, 11) is 0. The minimum Gasteiger partial charge on any atom is -0.0622 e. The molecule has 0 radical (unpaired) electrons. The highest BCUT2D eigenvalue weighted by Gasteiger charge is 2.39. The summed E-state index contributed by atoms with van der Waals surface area (Å²) in [4.78, 5) is 0. The molecule has 0 bridgehead atoms. The van der Waals surface area contributed by atoms with Gasteiger partial charge in [-0.2, -0.15) is 0 Å². The van der Waals surface area contributed by atoms with E-state index in [4.69, 9.17) is 0 Å². The van der Waals surface area contributed by atoms with Crippen molar-refractivity contribution >= 4 is 21.5 Å². The van der Waals surface area contributed by atoms with E-state index in [1.54, 1.807) is 0 Å². The van der Waals surface area contributed by atoms with E-state index in [1.165, 1.54) is 144 Å². The van der Waals surface area contributed by atoms with Crippen molar-refractivity contribution in [3.05, 3.63) is 252 Å². The summed E-state index contributed by atoms with van der Waals surface area (Å²) in [5, 5.41) is 5.06. The monoisotopic (exact) mass is 906 g/mol. The van der Waals surface area contributed by atoms with Crippen LogP contribution >= 0.6 is 0 Å². The van der Waals surface area contributed by atoms with E-state index in [0.29, 0.717) is 0 Å². The first kappa shape index (κ1) is 41.9.